The third-order valence-corrected chi connectivity index (χ3v) is 5.73. The molecule has 0 aliphatic carbocycles. The van der Waals surface area contributed by atoms with E-state index in [-0.39, 0.29) is 26.1 Å². The predicted octanol–water partition coefficient (Wildman–Crippen LogP) is 5.68. The molecule has 1 heterocycles. The Bertz CT molecular complexity index is 1160. The Hall–Kier alpha value is -3.84. The first-order valence-corrected chi connectivity index (χ1v) is 11.7. The molecule has 7 nitrogen and oxygen atoms in total. The van der Waals surface area contributed by atoms with Crippen molar-refractivity contribution in [3.63, 3.8) is 0 Å². The van der Waals surface area contributed by atoms with E-state index in [2.05, 4.69) is 11.5 Å². The zero-order valence-corrected chi connectivity index (χ0v) is 19.5. The molecule has 2 aromatic carbocycles. The minimum Gasteiger partial charge on any atom is -0.460 e. The lowest BCUT2D eigenvalue weighted by molar-refractivity contribution is -0.144. The quantitative estimate of drug-likeness (QED) is 0.255. The molecule has 3 rings (SSSR count). The molecule has 0 atom stereocenters. The van der Waals surface area contributed by atoms with E-state index in [1.165, 1.54) is 25.7 Å². The summed E-state index contributed by atoms with van der Waals surface area (Å²) in [7, 11) is 0. The average Bonchev–Trinajstić information content (AvgIpc) is 3.14. The van der Waals surface area contributed by atoms with Gasteiger partial charge >= 0.3 is 11.9 Å². The van der Waals surface area contributed by atoms with E-state index in [4.69, 9.17) is 20.0 Å². The lowest BCUT2D eigenvalue weighted by Crippen LogP contribution is -2.03. The van der Waals surface area contributed by atoms with Crippen molar-refractivity contribution in [3.05, 3.63) is 47.5 Å². The number of carbonyl (C=O) groups is 2. The maximum Gasteiger partial charge on any atom is 0.320 e. The Labute approximate surface area is 199 Å². The van der Waals surface area contributed by atoms with Crippen LogP contribution in [-0.2, 0) is 38.8 Å². The summed E-state index contributed by atoms with van der Waals surface area (Å²) in [6.45, 7) is 3.31. The smallest absolute Gasteiger partial charge is 0.320 e. The Kier molecular flexibility index (Phi) is 9.05. The molecule has 176 valence electrons. The highest BCUT2D eigenvalue weighted by Crippen LogP contribution is 2.31. The second-order valence-corrected chi connectivity index (χ2v) is 8.26. The molecule has 0 N–H and O–H groups in total. The Morgan fingerprint density at radius 3 is 1.76 bits per heavy atom. The van der Waals surface area contributed by atoms with Gasteiger partial charge < -0.3 is 14.0 Å². The molecule has 0 aliphatic rings. The molecule has 1 aromatic heterocycles. The van der Waals surface area contributed by atoms with Crippen molar-refractivity contribution in [2.45, 2.75) is 71.6 Å². The van der Waals surface area contributed by atoms with Crippen molar-refractivity contribution in [3.8, 4) is 12.1 Å². The molecule has 0 amide bonds. The Balaban J connectivity index is 1.91. The fraction of sp³-hybridized carbons (Fsp3) is 0.407. The third kappa shape index (κ3) is 6.36. The van der Waals surface area contributed by atoms with Crippen LogP contribution in [0.4, 0.5) is 0 Å². The van der Waals surface area contributed by atoms with Crippen molar-refractivity contribution >= 4 is 33.7 Å². The Morgan fingerprint density at radius 2 is 1.29 bits per heavy atom. The summed E-state index contributed by atoms with van der Waals surface area (Å²) in [5, 5.41) is 19.4. The number of hydrogen-bond donors (Lipinski definition) is 0. The van der Waals surface area contributed by atoms with Gasteiger partial charge in [0.1, 0.15) is 26.1 Å². The van der Waals surface area contributed by atoms with Crippen molar-refractivity contribution in [2.75, 3.05) is 0 Å². The van der Waals surface area contributed by atoms with Crippen LogP contribution < -0.4 is 0 Å². The lowest BCUT2D eigenvalue weighted by atomic mass is 10.1. The van der Waals surface area contributed by atoms with Gasteiger partial charge in [-0.1, -0.05) is 44.7 Å². The summed E-state index contributed by atoms with van der Waals surface area (Å²) in [4.78, 5) is 23.2. The fourth-order valence-electron chi connectivity index (χ4n) is 4.05. The maximum atomic E-state index is 11.6. The number of ether oxygens (including phenoxy) is 2. The SMILES string of the molecule is CCCCCCCn1c2ccc(COC(=O)CC#N)cc2c2cc(COC(=O)CC#N)ccc21. The minimum absolute atomic E-state index is 0.103. The molecule has 0 fully saturated rings. The van der Waals surface area contributed by atoms with Gasteiger partial charge in [0.05, 0.1) is 12.1 Å². The first-order chi connectivity index (χ1) is 16.6. The van der Waals surface area contributed by atoms with Crippen molar-refractivity contribution in [2.24, 2.45) is 0 Å². The van der Waals surface area contributed by atoms with Gasteiger partial charge in [-0.15, -0.1) is 0 Å². The molecule has 0 unspecified atom stereocenters. The first kappa shape index (κ1) is 24.8. The van der Waals surface area contributed by atoms with Crippen molar-refractivity contribution in [1.82, 2.24) is 4.57 Å². The van der Waals surface area contributed by atoms with Gasteiger partial charge in [-0.2, -0.15) is 10.5 Å². The number of aryl methyl sites for hydroxylation is 1. The van der Waals surface area contributed by atoms with Gasteiger partial charge in [0.25, 0.3) is 0 Å². The van der Waals surface area contributed by atoms with Gasteiger partial charge in [0, 0.05) is 28.4 Å². The topological polar surface area (TPSA) is 105 Å². The summed E-state index contributed by atoms with van der Waals surface area (Å²) in [6, 6.07) is 15.6. The highest BCUT2D eigenvalue weighted by atomic mass is 16.5. The van der Waals surface area contributed by atoms with Gasteiger partial charge in [0.15, 0.2) is 0 Å². The maximum absolute atomic E-state index is 11.6. The van der Waals surface area contributed by atoms with Gasteiger partial charge in [-0.05, 0) is 41.8 Å². The number of fused-ring (bicyclic) bond motifs is 3. The van der Waals surface area contributed by atoms with E-state index in [0.717, 1.165) is 45.9 Å². The summed E-state index contributed by atoms with van der Waals surface area (Å²) in [5.74, 6) is -1.09. The number of unbranched alkanes of at least 4 members (excludes halogenated alkanes) is 4. The van der Waals surface area contributed by atoms with Crippen molar-refractivity contribution in [1.29, 1.82) is 10.5 Å². The fourth-order valence-corrected chi connectivity index (χ4v) is 4.05. The van der Waals surface area contributed by atoms with E-state index in [1.807, 2.05) is 36.4 Å². The molecular formula is C27H29N3O4. The number of esters is 2. The lowest BCUT2D eigenvalue weighted by Gasteiger charge is -2.09. The molecule has 34 heavy (non-hydrogen) atoms. The molecule has 0 saturated heterocycles. The van der Waals surface area contributed by atoms with Crippen LogP contribution in [0.25, 0.3) is 21.8 Å². The normalized spacial score (nSPS) is 10.7. The predicted molar refractivity (Wildman–Crippen MR) is 128 cm³/mol. The second kappa shape index (κ2) is 12.4. The van der Waals surface area contributed by atoms with Crippen molar-refractivity contribution < 1.29 is 19.1 Å². The van der Waals surface area contributed by atoms with Gasteiger partial charge in [0.2, 0.25) is 0 Å². The molecule has 0 radical (unpaired) electrons. The summed E-state index contributed by atoms with van der Waals surface area (Å²) < 4.78 is 12.7. The number of nitriles is 2. The zero-order valence-electron chi connectivity index (χ0n) is 19.5. The van der Waals surface area contributed by atoms with Crippen LogP contribution in [0, 0.1) is 22.7 Å². The van der Waals surface area contributed by atoms with E-state index in [1.54, 1.807) is 12.1 Å². The first-order valence-electron chi connectivity index (χ1n) is 11.7. The third-order valence-electron chi connectivity index (χ3n) is 5.73. The van der Waals surface area contributed by atoms with Crippen LogP contribution >= 0.6 is 0 Å². The van der Waals surface area contributed by atoms with Crippen LogP contribution in [-0.4, -0.2) is 16.5 Å². The van der Waals surface area contributed by atoms with E-state index in [0.29, 0.717) is 0 Å². The van der Waals surface area contributed by atoms with Crippen LogP contribution in [0.3, 0.4) is 0 Å². The standard InChI is InChI=1S/C27H29N3O4/c1-2-3-4-5-6-15-30-24-9-7-20(18-33-26(31)11-13-28)16-22(24)23-17-21(8-10-25(23)30)19-34-27(32)12-14-29/h7-10,16-17H,2-6,11-12,15,18-19H2,1H3. The van der Waals surface area contributed by atoms with Crippen LogP contribution in [0.5, 0.6) is 0 Å². The number of hydrogen-bond acceptors (Lipinski definition) is 6. The molecule has 7 heteroatoms. The number of aromatic nitrogens is 1. The monoisotopic (exact) mass is 459 g/mol. The summed E-state index contributed by atoms with van der Waals surface area (Å²) >= 11 is 0. The molecule has 0 spiro atoms. The second-order valence-electron chi connectivity index (χ2n) is 8.26. The van der Waals surface area contributed by atoms with E-state index >= 15 is 0 Å². The van der Waals surface area contributed by atoms with E-state index < -0.39 is 11.9 Å². The largest absolute Gasteiger partial charge is 0.460 e. The highest BCUT2D eigenvalue weighted by molar-refractivity contribution is 6.08. The van der Waals surface area contributed by atoms with Gasteiger partial charge in [-0.3, -0.25) is 9.59 Å². The summed E-state index contributed by atoms with van der Waals surface area (Å²) in [5.41, 5.74) is 3.87. The molecule has 0 aliphatic heterocycles. The number of rotatable bonds is 12. The molecule has 0 saturated carbocycles. The Morgan fingerprint density at radius 1 is 0.794 bits per heavy atom. The van der Waals surface area contributed by atoms with Gasteiger partial charge in [-0.25, -0.2) is 0 Å². The molecule has 3 aromatic rings. The van der Waals surface area contributed by atoms with Crippen LogP contribution in [0.1, 0.15) is 63.0 Å². The molecule has 0 bridgehead atoms. The minimum atomic E-state index is -0.543. The zero-order chi connectivity index (χ0) is 24.3. The highest BCUT2D eigenvalue weighted by Gasteiger charge is 2.13. The number of nitrogens with zero attached hydrogens (tertiary/aromatic N) is 3. The van der Waals surface area contributed by atoms with Crippen LogP contribution in [0.15, 0.2) is 36.4 Å². The average molecular weight is 460 g/mol. The van der Waals surface area contributed by atoms with Crippen LogP contribution in [0.2, 0.25) is 0 Å². The molecular weight excluding hydrogens is 430 g/mol. The number of carbonyl (C=O) groups excluding carboxylic acids is 2. The number of benzene rings is 2. The summed E-state index contributed by atoms with van der Waals surface area (Å²) in [6.07, 6.45) is 5.40. The van der Waals surface area contributed by atoms with E-state index in [9.17, 15) is 9.59 Å².